The van der Waals surface area contributed by atoms with Gasteiger partial charge in [-0.1, -0.05) is 0 Å². The molecule has 21 heavy (non-hydrogen) atoms. The first-order valence-electron chi connectivity index (χ1n) is 7.15. The number of carbonyl (C=O) groups excluding carboxylic acids is 1. The molecule has 1 heterocycles. The van der Waals surface area contributed by atoms with Gasteiger partial charge in [-0.15, -0.1) is 11.3 Å². The summed E-state index contributed by atoms with van der Waals surface area (Å²) in [7, 11) is 0. The minimum absolute atomic E-state index is 0.0892. The first kappa shape index (κ1) is 15.5. The van der Waals surface area contributed by atoms with Crippen molar-refractivity contribution >= 4 is 28.6 Å². The number of nitrogens with zero attached hydrogens (tertiary/aromatic N) is 2. The molecule has 0 atom stereocenters. The maximum absolute atomic E-state index is 12.2. The van der Waals surface area contributed by atoms with Crippen LogP contribution in [-0.4, -0.2) is 24.0 Å². The molecule has 112 valence electrons. The quantitative estimate of drug-likeness (QED) is 0.912. The Hall–Kier alpha value is -1.88. The molecule has 0 aliphatic rings. The molecular formula is C16H21N3OS. The second kappa shape index (κ2) is 6.72. The van der Waals surface area contributed by atoms with Crippen LogP contribution in [0.2, 0.25) is 0 Å². The fourth-order valence-electron chi connectivity index (χ4n) is 2.27. The molecule has 1 amide bonds. The fourth-order valence-corrected chi connectivity index (χ4v) is 3.09. The molecule has 5 heteroatoms. The topological polar surface area (TPSA) is 45.2 Å². The number of carbonyl (C=O) groups is 1. The van der Waals surface area contributed by atoms with Gasteiger partial charge in [-0.05, 0) is 52.0 Å². The molecule has 4 nitrogen and oxygen atoms in total. The van der Waals surface area contributed by atoms with Crippen LogP contribution < -0.4 is 10.2 Å². The van der Waals surface area contributed by atoms with Crippen LogP contribution in [0.1, 0.15) is 34.2 Å². The second-order valence-electron chi connectivity index (χ2n) is 4.82. The number of nitrogens with one attached hydrogen (secondary N) is 1. The molecule has 0 radical (unpaired) electrons. The molecule has 0 saturated carbocycles. The Balaban J connectivity index is 2.10. The SMILES string of the molecule is CCN(CC)c1ccc(NC(=O)c2sc(C)nc2C)cc1. The van der Waals surface area contributed by atoms with Crippen molar-refractivity contribution in [2.75, 3.05) is 23.3 Å². The molecule has 0 bridgehead atoms. The van der Waals surface area contributed by atoms with Gasteiger partial charge in [0.05, 0.1) is 10.7 Å². The number of benzene rings is 1. The van der Waals surface area contributed by atoms with Gasteiger partial charge in [0.25, 0.3) is 5.91 Å². The van der Waals surface area contributed by atoms with Crippen molar-refractivity contribution < 1.29 is 4.79 Å². The maximum atomic E-state index is 12.2. The zero-order valence-corrected chi connectivity index (χ0v) is 13.8. The van der Waals surface area contributed by atoms with Crippen LogP contribution in [0.3, 0.4) is 0 Å². The van der Waals surface area contributed by atoms with E-state index in [0.29, 0.717) is 4.88 Å². The summed E-state index contributed by atoms with van der Waals surface area (Å²) in [4.78, 5) is 19.5. The van der Waals surface area contributed by atoms with Crippen LogP contribution in [0.5, 0.6) is 0 Å². The predicted molar refractivity (Wildman–Crippen MR) is 89.5 cm³/mol. The number of thiazole rings is 1. The van der Waals surface area contributed by atoms with E-state index in [4.69, 9.17) is 0 Å². The third-order valence-corrected chi connectivity index (χ3v) is 4.44. The monoisotopic (exact) mass is 303 g/mol. The van der Waals surface area contributed by atoms with Gasteiger partial charge in [-0.25, -0.2) is 4.98 Å². The fraction of sp³-hybridized carbons (Fsp3) is 0.375. The number of hydrogen-bond acceptors (Lipinski definition) is 4. The van der Waals surface area contributed by atoms with E-state index in [-0.39, 0.29) is 5.91 Å². The van der Waals surface area contributed by atoms with Crippen LogP contribution in [-0.2, 0) is 0 Å². The van der Waals surface area contributed by atoms with Crippen LogP contribution in [0, 0.1) is 13.8 Å². The van der Waals surface area contributed by atoms with Crippen molar-refractivity contribution in [2.45, 2.75) is 27.7 Å². The lowest BCUT2D eigenvalue weighted by Crippen LogP contribution is -2.21. The summed E-state index contributed by atoms with van der Waals surface area (Å²) in [6.45, 7) is 9.99. The molecule has 1 aromatic heterocycles. The molecular weight excluding hydrogens is 282 g/mol. The lowest BCUT2D eigenvalue weighted by Gasteiger charge is -2.21. The van der Waals surface area contributed by atoms with E-state index < -0.39 is 0 Å². The molecule has 2 rings (SSSR count). The van der Waals surface area contributed by atoms with Crippen LogP contribution >= 0.6 is 11.3 Å². The summed E-state index contributed by atoms with van der Waals surface area (Å²) in [6, 6.07) is 7.95. The van der Waals surface area contributed by atoms with Gasteiger partial charge in [0.1, 0.15) is 4.88 Å². The molecule has 1 N–H and O–H groups in total. The van der Waals surface area contributed by atoms with Gasteiger partial charge in [0, 0.05) is 24.5 Å². The van der Waals surface area contributed by atoms with Gasteiger partial charge < -0.3 is 10.2 Å². The molecule has 0 saturated heterocycles. The van der Waals surface area contributed by atoms with Gasteiger partial charge in [0.2, 0.25) is 0 Å². The van der Waals surface area contributed by atoms with Crippen LogP contribution in [0.15, 0.2) is 24.3 Å². The Morgan fingerprint density at radius 1 is 1.19 bits per heavy atom. The van der Waals surface area contributed by atoms with E-state index in [1.54, 1.807) is 0 Å². The summed E-state index contributed by atoms with van der Waals surface area (Å²) in [5.74, 6) is -0.0892. The second-order valence-corrected chi connectivity index (χ2v) is 6.02. The number of hydrogen-bond donors (Lipinski definition) is 1. The van der Waals surface area contributed by atoms with Crippen molar-refractivity contribution in [1.29, 1.82) is 0 Å². The van der Waals surface area contributed by atoms with E-state index in [1.165, 1.54) is 17.0 Å². The van der Waals surface area contributed by atoms with Gasteiger partial charge >= 0.3 is 0 Å². The summed E-state index contributed by atoms with van der Waals surface area (Å²) >= 11 is 1.43. The summed E-state index contributed by atoms with van der Waals surface area (Å²) < 4.78 is 0. The van der Waals surface area contributed by atoms with E-state index in [2.05, 4.69) is 29.0 Å². The predicted octanol–water partition coefficient (Wildman–Crippen LogP) is 3.86. The smallest absolute Gasteiger partial charge is 0.267 e. The Kier molecular flexibility index (Phi) is 4.96. The number of aryl methyl sites for hydroxylation is 2. The highest BCUT2D eigenvalue weighted by Gasteiger charge is 2.14. The number of amides is 1. The zero-order valence-electron chi connectivity index (χ0n) is 12.9. The molecule has 0 fully saturated rings. The zero-order chi connectivity index (χ0) is 15.4. The minimum Gasteiger partial charge on any atom is -0.372 e. The van der Waals surface area contributed by atoms with E-state index in [9.17, 15) is 4.79 Å². The molecule has 0 spiro atoms. The molecule has 1 aromatic carbocycles. The highest BCUT2D eigenvalue weighted by molar-refractivity contribution is 7.13. The summed E-state index contributed by atoms with van der Waals surface area (Å²) in [5.41, 5.74) is 2.76. The van der Waals surface area contributed by atoms with E-state index in [0.717, 1.165) is 29.5 Å². The Labute approximate surface area is 129 Å². The first-order valence-corrected chi connectivity index (χ1v) is 7.97. The lowest BCUT2D eigenvalue weighted by atomic mass is 10.2. The highest BCUT2D eigenvalue weighted by atomic mass is 32.1. The molecule has 0 unspecified atom stereocenters. The minimum atomic E-state index is -0.0892. The lowest BCUT2D eigenvalue weighted by molar-refractivity contribution is 0.103. The number of aromatic nitrogens is 1. The highest BCUT2D eigenvalue weighted by Crippen LogP contribution is 2.21. The average Bonchev–Trinajstić information content (AvgIpc) is 2.81. The largest absolute Gasteiger partial charge is 0.372 e. The van der Waals surface area contributed by atoms with E-state index in [1.807, 2.05) is 38.1 Å². The standard InChI is InChI=1S/C16H21N3OS/c1-5-19(6-2)14-9-7-13(8-10-14)18-16(20)15-11(3)17-12(4)21-15/h7-10H,5-6H2,1-4H3,(H,18,20). The van der Waals surface area contributed by atoms with Crippen molar-refractivity contribution in [1.82, 2.24) is 4.98 Å². The first-order chi connectivity index (χ1) is 10.0. The number of rotatable bonds is 5. The number of anilines is 2. The maximum Gasteiger partial charge on any atom is 0.267 e. The van der Waals surface area contributed by atoms with Crippen molar-refractivity contribution in [3.63, 3.8) is 0 Å². The van der Waals surface area contributed by atoms with Gasteiger partial charge in [0.15, 0.2) is 0 Å². The summed E-state index contributed by atoms with van der Waals surface area (Å²) in [5, 5.41) is 3.84. The van der Waals surface area contributed by atoms with Gasteiger partial charge in [-0.3, -0.25) is 4.79 Å². The van der Waals surface area contributed by atoms with Crippen molar-refractivity contribution in [2.24, 2.45) is 0 Å². The normalized spacial score (nSPS) is 10.5. The third-order valence-electron chi connectivity index (χ3n) is 3.36. The Morgan fingerprint density at radius 2 is 1.81 bits per heavy atom. The van der Waals surface area contributed by atoms with Gasteiger partial charge in [-0.2, -0.15) is 0 Å². The molecule has 0 aliphatic heterocycles. The van der Waals surface area contributed by atoms with Crippen LogP contribution in [0.25, 0.3) is 0 Å². The third kappa shape index (κ3) is 3.61. The molecule has 0 aliphatic carbocycles. The van der Waals surface area contributed by atoms with Crippen molar-refractivity contribution in [3.8, 4) is 0 Å². The van der Waals surface area contributed by atoms with Crippen LogP contribution in [0.4, 0.5) is 11.4 Å². The average molecular weight is 303 g/mol. The molecule has 2 aromatic rings. The Bertz CT molecular complexity index is 615. The Morgan fingerprint density at radius 3 is 2.29 bits per heavy atom. The summed E-state index contributed by atoms with van der Waals surface area (Å²) in [6.07, 6.45) is 0. The van der Waals surface area contributed by atoms with Crippen molar-refractivity contribution in [3.05, 3.63) is 39.8 Å². The van der Waals surface area contributed by atoms with E-state index >= 15 is 0 Å².